The molecule has 1 unspecified atom stereocenters. The number of amides is 3. The summed E-state index contributed by atoms with van der Waals surface area (Å²) in [5, 5.41) is 15.1. The van der Waals surface area contributed by atoms with Crippen molar-refractivity contribution in [1.82, 2.24) is 25.5 Å². The number of H-pyrrole nitrogens is 1. The van der Waals surface area contributed by atoms with E-state index < -0.39 is 12.0 Å². The predicted molar refractivity (Wildman–Crippen MR) is 140 cm³/mol. The molecule has 0 bridgehead atoms. The van der Waals surface area contributed by atoms with Crippen LogP contribution in [0.4, 0.5) is 4.79 Å². The maximum absolute atomic E-state index is 13.7. The Balaban J connectivity index is 1.38. The molecule has 2 heterocycles. The third kappa shape index (κ3) is 7.33. The number of likely N-dealkylation sites (tertiary alicyclic amines) is 1. The Hall–Kier alpha value is -3.36. The molecule has 4 N–H and O–H groups in total. The largest absolute Gasteiger partial charge is 0.481 e. The van der Waals surface area contributed by atoms with E-state index >= 15 is 0 Å². The molecule has 1 saturated carbocycles. The van der Waals surface area contributed by atoms with Crippen molar-refractivity contribution in [3.8, 4) is 0 Å². The van der Waals surface area contributed by atoms with Crippen molar-refractivity contribution in [3.63, 3.8) is 0 Å². The lowest BCUT2D eigenvalue weighted by Gasteiger charge is -2.46. The van der Waals surface area contributed by atoms with Crippen LogP contribution in [0.1, 0.15) is 62.6 Å². The summed E-state index contributed by atoms with van der Waals surface area (Å²) in [6.45, 7) is 1.63. The summed E-state index contributed by atoms with van der Waals surface area (Å²) in [6, 6.07) is 8.68. The highest BCUT2D eigenvalue weighted by atomic mass is 16.4. The summed E-state index contributed by atoms with van der Waals surface area (Å²) in [4.78, 5) is 46.6. The lowest BCUT2D eigenvalue weighted by atomic mass is 9.65. The van der Waals surface area contributed by atoms with E-state index in [1.165, 1.54) is 12.8 Å². The molecular weight excluding hydrogens is 470 g/mol. The molecule has 1 aromatic carbocycles. The highest BCUT2D eigenvalue weighted by Crippen LogP contribution is 2.49. The van der Waals surface area contributed by atoms with E-state index in [1.807, 2.05) is 35.2 Å². The highest BCUT2D eigenvalue weighted by Gasteiger charge is 2.43. The van der Waals surface area contributed by atoms with E-state index in [0.29, 0.717) is 44.8 Å². The van der Waals surface area contributed by atoms with Crippen LogP contribution in [0.15, 0.2) is 42.9 Å². The molecule has 3 amide bonds. The van der Waals surface area contributed by atoms with Crippen molar-refractivity contribution >= 4 is 17.9 Å². The third-order valence-electron chi connectivity index (χ3n) is 8.25. The van der Waals surface area contributed by atoms with Gasteiger partial charge in [0.2, 0.25) is 5.91 Å². The Morgan fingerprint density at radius 3 is 2.51 bits per heavy atom. The number of nitrogens with zero attached hydrogens (tertiary/aromatic N) is 2. The molecule has 4 rings (SSSR count). The minimum absolute atomic E-state index is 0.00191. The van der Waals surface area contributed by atoms with Crippen molar-refractivity contribution in [2.24, 2.45) is 11.3 Å². The van der Waals surface area contributed by atoms with Crippen LogP contribution in [-0.4, -0.2) is 63.6 Å². The van der Waals surface area contributed by atoms with Gasteiger partial charge in [-0.05, 0) is 49.0 Å². The zero-order valence-corrected chi connectivity index (χ0v) is 21.5. The van der Waals surface area contributed by atoms with E-state index in [-0.39, 0.29) is 23.8 Å². The molecule has 1 atom stereocenters. The molecule has 9 heteroatoms. The number of benzene rings is 1. The Kier molecular flexibility index (Phi) is 9.19. The van der Waals surface area contributed by atoms with Gasteiger partial charge in [-0.15, -0.1) is 0 Å². The van der Waals surface area contributed by atoms with Gasteiger partial charge < -0.3 is 25.6 Å². The first-order chi connectivity index (χ1) is 17.9. The number of aromatic nitrogens is 2. The van der Waals surface area contributed by atoms with Gasteiger partial charge in [-0.3, -0.25) is 9.59 Å². The standard InChI is InChI=1S/C28H39N5O4/c34-25(35)10-12-28(22-8-4-5-9-22)13-16-33(17-14-28)26(36)24(18-21-6-2-1-3-7-21)32-27(37)30-15-11-23-19-29-20-31-23/h1-3,6-7,19-20,22,24H,4-5,8-18H2,(H,29,31)(H,34,35)(H2,30,32,37). The molecule has 1 aliphatic carbocycles. The summed E-state index contributed by atoms with van der Waals surface area (Å²) < 4.78 is 0. The number of imidazole rings is 1. The molecule has 37 heavy (non-hydrogen) atoms. The fraction of sp³-hybridized carbons (Fsp3) is 0.571. The monoisotopic (exact) mass is 509 g/mol. The summed E-state index contributed by atoms with van der Waals surface area (Å²) >= 11 is 0. The van der Waals surface area contributed by atoms with Gasteiger partial charge in [0.05, 0.1) is 6.33 Å². The Labute approximate surface area is 218 Å². The maximum atomic E-state index is 13.7. The van der Waals surface area contributed by atoms with Gasteiger partial charge >= 0.3 is 12.0 Å². The lowest BCUT2D eigenvalue weighted by molar-refractivity contribution is -0.140. The van der Waals surface area contributed by atoms with E-state index in [4.69, 9.17) is 0 Å². The molecule has 2 aromatic rings. The summed E-state index contributed by atoms with van der Waals surface area (Å²) in [5.74, 6) is -0.282. The van der Waals surface area contributed by atoms with Crippen LogP contribution in [-0.2, 0) is 22.4 Å². The molecule has 2 aliphatic rings. The number of piperidine rings is 1. The van der Waals surface area contributed by atoms with Crippen LogP contribution >= 0.6 is 0 Å². The van der Waals surface area contributed by atoms with Crippen LogP contribution in [0.25, 0.3) is 0 Å². The van der Waals surface area contributed by atoms with Gasteiger partial charge in [-0.2, -0.15) is 0 Å². The smallest absolute Gasteiger partial charge is 0.315 e. The molecule has 0 radical (unpaired) electrons. The van der Waals surface area contributed by atoms with Crippen LogP contribution in [0.2, 0.25) is 0 Å². The van der Waals surface area contributed by atoms with Crippen LogP contribution in [0, 0.1) is 11.3 Å². The topological polar surface area (TPSA) is 127 Å². The van der Waals surface area contributed by atoms with Crippen LogP contribution in [0.3, 0.4) is 0 Å². The van der Waals surface area contributed by atoms with Gasteiger partial charge in [0.15, 0.2) is 0 Å². The number of carboxylic acids is 1. The van der Waals surface area contributed by atoms with E-state index in [9.17, 15) is 19.5 Å². The number of carbonyl (C=O) groups is 3. The number of aromatic amines is 1. The van der Waals surface area contributed by atoms with Crippen LogP contribution in [0.5, 0.6) is 0 Å². The predicted octanol–water partition coefficient (Wildman–Crippen LogP) is 3.53. The van der Waals surface area contributed by atoms with Crippen molar-refractivity contribution in [3.05, 3.63) is 54.1 Å². The van der Waals surface area contributed by atoms with Crippen molar-refractivity contribution in [2.45, 2.75) is 70.3 Å². The molecule has 1 aliphatic heterocycles. The molecule has 0 spiro atoms. The molecule has 1 aromatic heterocycles. The average molecular weight is 510 g/mol. The van der Waals surface area contributed by atoms with Gasteiger partial charge in [-0.1, -0.05) is 43.2 Å². The van der Waals surface area contributed by atoms with Gasteiger partial charge in [0.25, 0.3) is 0 Å². The molecule has 2 fully saturated rings. The van der Waals surface area contributed by atoms with Gasteiger partial charge in [0.1, 0.15) is 6.04 Å². The summed E-state index contributed by atoms with van der Waals surface area (Å²) in [7, 11) is 0. The number of hydrogen-bond acceptors (Lipinski definition) is 4. The summed E-state index contributed by atoms with van der Waals surface area (Å²) in [6.07, 6.45) is 11.6. The quantitative estimate of drug-likeness (QED) is 0.369. The third-order valence-corrected chi connectivity index (χ3v) is 8.25. The Bertz CT molecular complexity index is 1010. The van der Waals surface area contributed by atoms with Crippen molar-refractivity contribution < 1.29 is 19.5 Å². The number of urea groups is 1. The fourth-order valence-corrected chi connectivity index (χ4v) is 6.14. The molecular formula is C28H39N5O4. The normalized spacial score (nSPS) is 18.3. The second kappa shape index (κ2) is 12.7. The second-order valence-corrected chi connectivity index (χ2v) is 10.5. The number of nitrogens with one attached hydrogen (secondary N) is 3. The Morgan fingerprint density at radius 2 is 1.86 bits per heavy atom. The number of carbonyl (C=O) groups excluding carboxylic acids is 2. The molecule has 200 valence electrons. The number of rotatable bonds is 11. The first-order valence-corrected chi connectivity index (χ1v) is 13.5. The number of hydrogen-bond donors (Lipinski definition) is 4. The summed E-state index contributed by atoms with van der Waals surface area (Å²) in [5.41, 5.74) is 1.91. The van der Waals surface area contributed by atoms with Crippen LogP contribution < -0.4 is 10.6 Å². The van der Waals surface area contributed by atoms with E-state index in [1.54, 1.807) is 12.5 Å². The number of aliphatic carboxylic acids is 1. The van der Waals surface area contributed by atoms with Gasteiger partial charge in [-0.25, -0.2) is 9.78 Å². The van der Waals surface area contributed by atoms with Crippen molar-refractivity contribution in [1.29, 1.82) is 0 Å². The first kappa shape index (κ1) is 26.7. The molecule has 1 saturated heterocycles. The maximum Gasteiger partial charge on any atom is 0.315 e. The van der Waals surface area contributed by atoms with Crippen molar-refractivity contribution in [2.75, 3.05) is 19.6 Å². The minimum Gasteiger partial charge on any atom is -0.481 e. The second-order valence-electron chi connectivity index (χ2n) is 10.5. The van der Waals surface area contributed by atoms with E-state index in [2.05, 4.69) is 20.6 Å². The fourth-order valence-electron chi connectivity index (χ4n) is 6.14. The minimum atomic E-state index is -0.749. The average Bonchev–Trinajstić information content (AvgIpc) is 3.63. The highest BCUT2D eigenvalue weighted by molar-refractivity contribution is 5.87. The van der Waals surface area contributed by atoms with E-state index in [0.717, 1.165) is 36.9 Å². The zero-order chi connectivity index (χ0) is 26.1. The zero-order valence-electron chi connectivity index (χ0n) is 21.5. The first-order valence-electron chi connectivity index (χ1n) is 13.5. The number of carboxylic acid groups (broad SMARTS) is 1. The molecule has 9 nitrogen and oxygen atoms in total. The SMILES string of the molecule is O=C(O)CCC1(C2CCCC2)CCN(C(=O)C(Cc2ccccc2)NC(=O)NCCc2cnc[nH]2)CC1. The van der Waals surface area contributed by atoms with Gasteiger partial charge in [0, 0.05) is 50.8 Å². The lowest BCUT2D eigenvalue weighted by Crippen LogP contribution is -2.55. The Morgan fingerprint density at radius 1 is 1.14 bits per heavy atom.